The summed E-state index contributed by atoms with van der Waals surface area (Å²) in [5.41, 5.74) is 2.41. The maximum atomic E-state index is 15.1. The van der Waals surface area contributed by atoms with E-state index in [0.29, 0.717) is 41.5 Å². The van der Waals surface area contributed by atoms with E-state index >= 15 is 4.39 Å². The van der Waals surface area contributed by atoms with Gasteiger partial charge in [0, 0.05) is 17.1 Å². The van der Waals surface area contributed by atoms with Crippen molar-refractivity contribution in [2.75, 3.05) is 20.8 Å². The first kappa shape index (κ1) is 21.2. The molecule has 0 saturated carbocycles. The summed E-state index contributed by atoms with van der Waals surface area (Å²) in [5, 5.41) is 0.255. The third-order valence-corrected chi connectivity index (χ3v) is 6.01. The summed E-state index contributed by atoms with van der Waals surface area (Å²) in [5.74, 6) is 1.55. The fourth-order valence-corrected chi connectivity index (χ4v) is 4.51. The topological polar surface area (TPSA) is 51.9 Å². The fourth-order valence-electron chi connectivity index (χ4n) is 4.25. The Morgan fingerprint density at radius 1 is 1.16 bits per heavy atom. The molecule has 0 N–H and O–H groups in total. The highest BCUT2D eigenvalue weighted by molar-refractivity contribution is 6.31. The molecular formula is C24H23ClFNO4. The van der Waals surface area contributed by atoms with E-state index in [2.05, 4.69) is 0 Å². The van der Waals surface area contributed by atoms with Crippen LogP contribution < -0.4 is 9.47 Å². The van der Waals surface area contributed by atoms with E-state index in [1.165, 1.54) is 6.07 Å². The summed E-state index contributed by atoms with van der Waals surface area (Å²) >= 11 is 6.46. The van der Waals surface area contributed by atoms with Crippen molar-refractivity contribution in [3.8, 4) is 11.5 Å². The number of ether oxygens (including phenoxy) is 2. The summed E-state index contributed by atoms with van der Waals surface area (Å²) in [7, 11) is 3.11. The summed E-state index contributed by atoms with van der Waals surface area (Å²) in [6.07, 6.45) is 0.583. The van der Waals surface area contributed by atoms with Crippen LogP contribution in [0, 0.1) is 19.7 Å². The quantitative estimate of drug-likeness (QED) is 0.534. The van der Waals surface area contributed by atoms with Crippen LogP contribution in [0.5, 0.6) is 11.5 Å². The number of carbonyl (C=O) groups excluding carboxylic acids is 1. The smallest absolute Gasteiger partial charge is 0.258 e. The second-order valence-electron chi connectivity index (χ2n) is 7.52. The predicted molar refractivity (Wildman–Crippen MR) is 116 cm³/mol. The van der Waals surface area contributed by atoms with Gasteiger partial charge in [-0.25, -0.2) is 4.39 Å². The van der Waals surface area contributed by atoms with Gasteiger partial charge in [0.25, 0.3) is 5.91 Å². The van der Waals surface area contributed by atoms with Gasteiger partial charge in [0.1, 0.15) is 17.3 Å². The van der Waals surface area contributed by atoms with E-state index < -0.39 is 11.9 Å². The van der Waals surface area contributed by atoms with E-state index in [1.54, 1.807) is 57.2 Å². The highest BCUT2D eigenvalue weighted by Crippen LogP contribution is 2.44. The second-order valence-corrected chi connectivity index (χ2v) is 7.93. The molecule has 31 heavy (non-hydrogen) atoms. The molecule has 4 rings (SSSR count). The Labute approximate surface area is 185 Å². The lowest BCUT2D eigenvalue weighted by Crippen LogP contribution is -2.41. The third-order valence-electron chi connectivity index (χ3n) is 5.68. The van der Waals surface area contributed by atoms with E-state index in [9.17, 15) is 4.79 Å². The van der Waals surface area contributed by atoms with E-state index in [1.807, 2.05) is 6.07 Å². The lowest BCUT2D eigenvalue weighted by atomic mass is 9.87. The number of halogens is 2. The summed E-state index contributed by atoms with van der Waals surface area (Å²) < 4.78 is 31.6. The number of nitrogens with zero attached hydrogens (tertiary/aromatic N) is 1. The van der Waals surface area contributed by atoms with Crippen LogP contribution in [-0.4, -0.2) is 31.6 Å². The van der Waals surface area contributed by atoms with Gasteiger partial charge in [-0.05, 0) is 61.7 Å². The Balaban J connectivity index is 1.93. The van der Waals surface area contributed by atoms with Crippen LogP contribution in [0.1, 0.15) is 44.6 Å². The van der Waals surface area contributed by atoms with Crippen LogP contribution in [0.15, 0.2) is 40.8 Å². The minimum atomic E-state index is -0.723. The number of hydrogen-bond acceptors (Lipinski definition) is 4. The van der Waals surface area contributed by atoms with Crippen molar-refractivity contribution in [1.82, 2.24) is 4.90 Å². The normalized spacial score (nSPS) is 15.5. The van der Waals surface area contributed by atoms with Gasteiger partial charge in [-0.15, -0.1) is 0 Å². The number of hydrogen-bond donors (Lipinski definition) is 0. The molecule has 1 aliphatic rings. The molecule has 0 fully saturated rings. The van der Waals surface area contributed by atoms with Gasteiger partial charge < -0.3 is 18.8 Å². The number of benzene rings is 2. The highest BCUT2D eigenvalue weighted by atomic mass is 35.5. The van der Waals surface area contributed by atoms with Gasteiger partial charge in [-0.3, -0.25) is 4.79 Å². The molecule has 0 spiro atoms. The third kappa shape index (κ3) is 3.65. The van der Waals surface area contributed by atoms with Crippen molar-refractivity contribution in [3.63, 3.8) is 0 Å². The van der Waals surface area contributed by atoms with Crippen molar-refractivity contribution in [1.29, 1.82) is 0 Å². The standard InChI is InChI=1S/C24H23ClFNO4/c1-13-10-16(14(2)31-13)24(28)27-9-8-15-11-20(29-3)21(30-4)12-17(15)23(27)22-18(25)6-5-7-19(22)26/h5-7,10-12,23H,8-9H2,1-4H3. The van der Waals surface area contributed by atoms with Crippen LogP contribution in [-0.2, 0) is 6.42 Å². The number of amides is 1. The lowest BCUT2D eigenvalue weighted by Gasteiger charge is -2.38. The molecule has 2 heterocycles. The minimum absolute atomic E-state index is 0.237. The zero-order valence-corrected chi connectivity index (χ0v) is 18.5. The average molecular weight is 444 g/mol. The highest BCUT2D eigenvalue weighted by Gasteiger charge is 2.37. The summed E-state index contributed by atoms with van der Waals surface area (Å²) in [6, 6.07) is 9.20. The van der Waals surface area contributed by atoms with Crippen LogP contribution in [0.25, 0.3) is 0 Å². The van der Waals surface area contributed by atoms with E-state index in [0.717, 1.165) is 11.1 Å². The minimum Gasteiger partial charge on any atom is -0.493 e. The molecule has 0 saturated heterocycles. The Bertz CT molecular complexity index is 1140. The Morgan fingerprint density at radius 3 is 2.48 bits per heavy atom. The number of methoxy groups -OCH3 is 2. The number of fused-ring (bicyclic) bond motifs is 1. The Morgan fingerprint density at radius 2 is 1.87 bits per heavy atom. The van der Waals surface area contributed by atoms with Crippen molar-refractivity contribution in [2.24, 2.45) is 0 Å². The average Bonchev–Trinajstić information content (AvgIpc) is 3.09. The Kier molecular flexibility index (Phi) is 5.67. The Hall–Kier alpha value is -2.99. The fraction of sp³-hybridized carbons (Fsp3) is 0.292. The molecule has 7 heteroatoms. The molecule has 0 aliphatic carbocycles. The molecule has 3 aromatic rings. The first-order chi connectivity index (χ1) is 14.8. The van der Waals surface area contributed by atoms with Crippen LogP contribution >= 0.6 is 11.6 Å². The molecule has 1 atom stereocenters. The van der Waals surface area contributed by atoms with Crippen molar-refractivity contribution < 1.29 is 23.1 Å². The maximum Gasteiger partial charge on any atom is 0.258 e. The van der Waals surface area contributed by atoms with Gasteiger partial charge in [-0.2, -0.15) is 0 Å². The first-order valence-corrected chi connectivity index (χ1v) is 10.3. The van der Waals surface area contributed by atoms with E-state index in [4.69, 9.17) is 25.5 Å². The van der Waals surface area contributed by atoms with Crippen LogP contribution in [0.3, 0.4) is 0 Å². The second kappa shape index (κ2) is 8.27. The number of aryl methyl sites for hydroxylation is 2. The van der Waals surface area contributed by atoms with Gasteiger partial charge in [-0.1, -0.05) is 17.7 Å². The monoisotopic (exact) mass is 443 g/mol. The summed E-state index contributed by atoms with van der Waals surface area (Å²) in [6.45, 7) is 3.93. The van der Waals surface area contributed by atoms with Crippen molar-refractivity contribution in [2.45, 2.75) is 26.3 Å². The van der Waals surface area contributed by atoms with Gasteiger partial charge in [0.05, 0.1) is 25.8 Å². The van der Waals surface area contributed by atoms with Crippen LogP contribution in [0.4, 0.5) is 4.39 Å². The van der Waals surface area contributed by atoms with Crippen molar-refractivity contribution >= 4 is 17.5 Å². The van der Waals surface area contributed by atoms with Crippen molar-refractivity contribution in [3.05, 3.63) is 81.0 Å². The summed E-state index contributed by atoms with van der Waals surface area (Å²) in [4.78, 5) is 15.2. The molecule has 1 aliphatic heterocycles. The molecule has 1 amide bonds. The molecule has 1 unspecified atom stereocenters. The first-order valence-electron chi connectivity index (χ1n) is 9.92. The predicted octanol–water partition coefficient (Wildman–Crippen LogP) is 5.49. The number of furan rings is 1. The van der Waals surface area contributed by atoms with Gasteiger partial charge >= 0.3 is 0 Å². The largest absolute Gasteiger partial charge is 0.493 e. The molecule has 162 valence electrons. The number of rotatable bonds is 4. The molecule has 1 aromatic heterocycles. The molecular weight excluding hydrogens is 421 g/mol. The van der Waals surface area contributed by atoms with Gasteiger partial charge in [0.2, 0.25) is 0 Å². The lowest BCUT2D eigenvalue weighted by molar-refractivity contribution is 0.0690. The van der Waals surface area contributed by atoms with Gasteiger partial charge in [0.15, 0.2) is 11.5 Å². The van der Waals surface area contributed by atoms with E-state index in [-0.39, 0.29) is 16.5 Å². The zero-order chi connectivity index (χ0) is 22.3. The number of carbonyl (C=O) groups is 1. The SMILES string of the molecule is COc1cc2c(cc1OC)C(c1c(F)cccc1Cl)N(C(=O)c1cc(C)oc1C)CC2. The molecule has 0 bridgehead atoms. The zero-order valence-electron chi connectivity index (χ0n) is 17.8. The molecule has 5 nitrogen and oxygen atoms in total. The maximum absolute atomic E-state index is 15.1. The van der Waals surface area contributed by atoms with Crippen LogP contribution in [0.2, 0.25) is 5.02 Å². The molecule has 2 aromatic carbocycles. The molecule has 0 radical (unpaired) electrons.